The van der Waals surface area contributed by atoms with Gasteiger partial charge in [-0.1, -0.05) is 48.5 Å². The van der Waals surface area contributed by atoms with Gasteiger partial charge in [-0.2, -0.15) is 0 Å². The van der Waals surface area contributed by atoms with Crippen LogP contribution in [0, 0.1) is 0 Å². The van der Waals surface area contributed by atoms with Crippen LogP contribution < -0.4 is 10.5 Å². The standard InChI is InChI=1S/C19H20N2O4/c20-18(22)16-13-21(11-12-24-16)19(23)17(14-7-3-1-4-8-14)25-15-9-5-2-6-10-15/h1-10,16-17H,11-13H2,(H2,20,22)/t16-,17+/m0/s1. The van der Waals surface area contributed by atoms with E-state index >= 15 is 0 Å². The lowest BCUT2D eigenvalue weighted by Crippen LogP contribution is -2.52. The Morgan fingerprint density at radius 1 is 1.08 bits per heavy atom. The van der Waals surface area contributed by atoms with E-state index in [1.165, 1.54) is 0 Å². The fourth-order valence-corrected chi connectivity index (χ4v) is 2.71. The lowest BCUT2D eigenvalue weighted by molar-refractivity contribution is -0.150. The van der Waals surface area contributed by atoms with Crippen LogP contribution >= 0.6 is 0 Å². The molecule has 1 heterocycles. The first-order valence-corrected chi connectivity index (χ1v) is 8.11. The summed E-state index contributed by atoms with van der Waals surface area (Å²) in [6, 6.07) is 18.5. The van der Waals surface area contributed by atoms with E-state index in [2.05, 4.69) is 0 Å². The quantitative estimate of drug-likeness (QED) is 0.895. The molecule has 2 atom stereocenters. The largest absolute Gasteiger partial charge is 0.476 e. The number of nitrogens with zero attached hydrogens (tertiary/aromatic N) is 1. The van der Waals surface area contributed by atoms with Gasteiger partial charge < -0.3 is 20.1 Å². The van der Waals surface area contributed by atoms with E-state index in [0.29, 0.717) is 12.3 Å². The molecule has 2 aromatic carbocycles. The molecule has 2 aromatic rings. The van der Waals surface area contributed by atoms with E-state index in [0.717, 1.165) is 5.56 Å². The van der Waals surface area contributed by atoms with Crippen molar-refractivity contribution in [1.82, 2.24) is 4.90 Å². The number of primary amides is 1. The van der Waals surface area contributed by atoms with E-state index in [-0.39, 0.29) is 19.1 Å². The van der Waals surface area contributed by atoms with Crippen molar-refractivity contribution >= 4 is 11.8 Å². The van der Waals surface area contributed by atoms with Crippen molar-refractivity contribution in [2.24, 2.45) is 5.73 Å². The second-order valence-corrected chi connectivity index (χ2v) is 5.77. The van der Waals surface area contributed by atoms with Crippen LogP contribution in [-0.2, 0) is 14.3 Å². The van der Waals surface area contributed by atoms with Crippen LogP contribution in [0.3, 0.4) is 0 Å². The molecule has 0 unspecified atom stereocenters. The molecule has 0 bridgehead atoms. The maximum absolute atomic E-state index is 13.1. The Bertz CT molecular complexity index is 721. The summed E-state index contributed by atoms with van der Waals surface area (Å²) in [6.45, 7) is 0.798. The highest BCUT2D eigenvalue weighted by Crippen LogP contribution is 2.24. The molecule has 2 amide bonds. The minimum atomic E-state index is -0.796. The van der Waals surface area contributed by atoms with E-state index in [1.807, 2.05) is 48.5 Å². The second-order valence-electron chi connectivity index (χ2n) is 5.77. The van der Waals surface area contributed by atoms with Crippen LogP contribution in [0.1, 0.15) is 11.7 Å². The molecule has 25 heavy (non-hydrogen) atoms. The molecule has 130 valence electrons. The molecule has 0 saturated carbocycles. The van der Waals surface area contributed by atoms with Crippen LogP contribution in [-0.4, -0.2) is 42.5 Å². The predicted octanol–water partition coefficient (Wildman–Crippen LogP) is 1.52. The molecular formula is C19H20N2O4. The molecule has 6 heteroatoms. The lowest BCUT2D eigenvalue weighted by atomic mass is 10.1. The van der Waals surface area contributed by atoms with Gasteiger partial charge in [0.15, 0.2) is 6.10 Å². The monoisotopic (exact) mass is 340 g/mol. The number of carbonyl (C=O) groups is 2. The Balaban J connectivity index is 1.83. The number of nitrogens with two attached hydrogens (primary N) is 1. The van der Waals surface area contributed by atoms with E-state index in [9.17, 15) is 9.59 Å². The molecule has 1 saturated heterocycles. The summed E-state index contributed by atoms with van der Waals surface area (Å²) < 4.78 is 11.3. The van der Waals surface area contributed by atoms with Gasteiger partial charge in [0.1, 0.15) is 5.75 Å². The second kappa shape index (κ2) is 7.81. The summed E-state index contributed by atoms with van der Waals surface area (Å²) in [4.78, 5) is 26.0. The Hall–Kier alpha value is -2.86. The smallest absolute Gasteiger partial charge is 0.268 e. The molecular weight excluding hydrogens is 320 g/mol. The van der Waals surface area contributed by atoms with E-state index in [1.54, 1.807) is 17.0 Å². The van der Waals surface area contributed by atoms with Crippen molar-refractivity contribution in [2.45, 2.75) is 12.2 Å². The van der Waals surface area contributed by atoms with Crippen molar-refractivity contribution in [3.8, 4) is 5.75 Å². The first-order valence-electron chi connectivity index (χ1n) is 8.11. The zero-order valence-electron chi connectivity index (χ0n) is 13.7. The highest BCUT2D eigenvalue weighted by atomic mass is 16.5. The van der Waals surface area contributed by atoms with Gasteiger partial charge in [0.05, 0.1) is 13.2 Å². The third-order valence-corrected chi connectivity index (χ3v) is 4.02. The molecule has 0 aliphatic carbocycles. The molecule has 0 spiro atoms. The summed E-state index contributed by atoms with van der Waals surface area (Å²) in [5.74, 6) is -0.188. The van der Waals surface area contributed by atoms with Gasteiger partial charge in [0.25, 0.3) is 5.91 Å². The molecule has 1 aliphatic rings. The maximum Gasteiger partial charge on any atom is 0.268 e. The zero-order valence-corrected chi connectivity index (χ0v) is 13.7. The lowest BCUT2D eigenvalue weighted by Gasteiger charge is -2.33. The summed E-state index contributed by atoms with van der Waals surface area (Å²) in [6.07, 6.45) is -1.58. The van der Waals surface area contributed by atoms with Gasteiger partial charge >= 0.3 is 0 Å². The molecule has 6 nitrogen and oxygen atoms in total. The Kier molecular flexibility index (Phi) is 5.30. The summed E-state index contributed by atoms with van der Waals surface area (Å²) >= 11 is 0. The van der Waals surface area contributed by atoms with E-state index < -0.39 is 18.1 Å². The number of morpholine rings is 1. The number of amides is 2. The van der Waals surface area contributed by atoms with Crippen LogP contribution in [0.2, 0.25) is 0 Å². The van der Waals surface area contributed by atoms with E-state index in [4.69, 9.17) is 15.2 Å². The predicted molar refractivity (Wildman–Crippen MR) is 91.8 cm³/mol. The van der Waals surface area contributed by atoms with Gasteiger partial charge in [-0.15, -0.1) is 0 Å². The molecule has 1 aliphatic heterocycles. The summed E-state index contributed by atoms with van der Waals surface area (Å²) in [7, 11) is 0. The number of hydrogen-bond acceptors (Lipinski definition) is 4. The first kappa shape index (κ1) is 17.0. The highest BCUT2D eigenvalue weighted by Gasteiger charge is 2.33. The molecule has 1 fully saturated rings. The number of carbonyl (C=O) groups excluding carboxylic acids is 2. The van der Waals surface area contributed by atoms with Gasteiger partial charge in [-0.05, 0) is 12.1 Å². The third-order valence-electron chi connectivity index (χ3n) is 4.02. The third kappa shape index (κ3) is 4.16. The average molecular weight is 340 g/mol. The average Bonchev–Trinajstić information content (AvgIpc) is 2.67. The number of para-hydroxylation sites is 1. The van der Waals surface area contributed by atoms with Gasteiger partial charge in [0.2, 0.25) is 12.0 Å². The minimum Gasteiger partial charge on any atom is -0.476 e. The fraction of sp³-hybridized carbons (Fsp3) is 0.263. The first-order chi connectivity index (χ1) is 12.1. The number of benzene rings is 2. The van der Waals surface area contributed by atoms with Gasteiger partial charge in [0, 0.05) is 12.1 Å². The SMILES string of the molecule is NC(=O)[C@@H]1CN(C(=O)[C@H](Oc2ccccc2)c2ccccc2)CCO1. The normalized spacial score (nSPS) is 18.4. The van der Waals surface area contributed by atoms with Crippen molar-refractivity contribution in [1.29, 1.82) is 0 Å². The Labute approximate surface area is 146 Å². The number of ether oxygens (including phenoxy) is 2. The van der Waals surface area contributed by atoms with Gasteiger partial charge in [-0.3, -0.25) is 9.59 Å². The van der Waals surface area contributed by atoms with Crippen molar-refractivity contribution < 1.29 is 19.1 Å². The topological polar surface area (TPSA) is 81.9 Å². The maximum atomic E-state index is 13.1. The molecule has 0 aromatic heterocycles. The summed E-state index contributed by atoms with van der Waals surface area (Å²) in [5, 5.41) is 0. The minimum absolute atomic E-state index is 0.135. The summed E-state index contributed by atoms with van der Waals surface area (Å²) in [5.41, 5.74) is 6.06. The van der Waals surface area contributed by atoms with Crippen molar-refractivity contribution in [3.05, 3.63) is 66.2 Å². The number of rotatable bonds is 5. The van der Waals surface area contributed by atoms with Crippen LogP contribution in [0.4, 0.5) is 0 Å². The fourth-order valence-electron chi connectivity index (χ4n) is 2.71. The van der Waals surface area contributed by atoms with Gasteiger partial charge in [-0.25, -0.2) is 0 Å². The van der Waals surface area contributed by atoms with Crippen LogP contribution in [0.5, 0.6) is 5.75 Å². The molecule has 0 radical (unpaired) electrons. The highest BCUT2D eigenvalue weighted by molar-refractivity contribution is 5.85. The Morgan fingerprint density at radius 2 is 1.72 bits per heavy atom. The van der Waals surface area contributed by atoms with Crippen LogP contribution in [0.25, 0.3) is 0 Å². The zero-order chi connectivity index (χ0) is 17.6. The Morgan fingerprint density at radius 3 is 2.36 bits per heavy atom. The molecule has 3 rings (SSSR count). The van der Waals surface area contributed by atoms with Crippen LogP contribution in [0.15, 0.2) is 60.7 Å². The molecule has 2 N–H and O–H groups in total. The van der Waals surface area contributed by atoms with Crippen molar-refractivity contribution in [2.75, 3.05) is 19.7 Å². The van der Waals surface area contributed by atoms with Crippen molar-refractivity contribution in [3.63, 3.8) is 0 Å². The number of hydrogen-bond donors (Lipinski definition) is 1.